The number of alkyl halides is 6. The molecule has 11 heteroatoms. The lowest BCUT2D eigenvalue weighted by molar-refractivity contribution is -0.288. The van der Waals surface area contributed by atoms with E-state index in [0.717, 1.165) is 24.3 Å². The lowest BCUT2D eigenvalue weighted by Gasteiger charge is -2.38. The SMILES string of the molecule is CC(O)COc1ccc(C(c2ccc(OCC(C)OC=O)cc2)(C(F)(F)F)C(F)(F)F)cc1. The molecule has 33 heavy (non-hydrogen) atoms. The van der Waals surface area contributed by atoms with Gasteiger partial charge in [0.15, 0.2) is 0 Å². The molecule has 5 nitrogen and oxygen atoms in total. The van der Waals surface area contributed by atoms with Crippen LogP contribution in [-0.4, -0.2) is 49.4 Å². The maximum atomic E-state index is 14.2. The number of carbonyl (C=O) groups excluding carboxylic acids is 1. The molecule has 2 atom stereocenters. The number of hydrogen-bond donors (Lipinski definition) is 1. The molecule has 1 N–H and O–H groups in total. The average molecular weight is 480 g/mol. The molecule has 0 spiro atoms. The summed E-state index contributed by atoms with van der Waals surface area (Å²) in [5.74, 6) is 0.00790. The van der Waals surface area contributed by atoms with E-state index < -0.39 is 41.1 Å². The molecule has 182 valence electrons. The summed E-state index contributed by atoms with van der Waals surface area (Å²) in [6.45, 7) is 2.78. The number of carbonyl (C=O) groups is 1. The average Bonchev–Trinajstić information content (AvgIpc) is 2.71. The van der Waals surface area contributed by atoms with Crippen molar-refractivity contribution in [3.63, 3.8) is 0 Å². The maximum Gasteiger partial charge on any atom is 0.411 e. The van der Waals surface area contributed by atoms with Crippen LogP contribution in [0.1, 0.15) is 25.0 Å². The Labute approximate surface area is 185 Å². The minimum Gasteiger partial charge on any atom is -0.491 e. The molecule has 0 radical (unpaired) electrons. The van der Waals surface area contributed by atoms with Gasteiger partial charge in [-0.05, 0) is 49.2 Å². The number of hydrogen-bond acceptors (Lipinski definition) is 5. The standard InChI is InChI=1S/C22H22F6O5/c1-14(30)11-31-18-7-3-16(4-8-18)20(21(23,24)25,22(26,27)28)17-5-9-19(10-6-17)32-12-15(2)33-13-29/h3-10,13-15,30H,11-12H2,1-2H3. The smallest absolute Gasteiger partial charge is 0.411 e. The van der Waals surface area contributed by atoms with Crippen molar-refractivity contribution in [2.45, 2.75) is 43.8 Å². The molecule has 0 saturated heterocycles. The van der Waals surface area contributed by atoms with Gasteiger partial charge >= 0.3 is 12.4 Å². The number of benzene rings is 2. The molecule has 2 rings (SSSR count). The predicted octanol–water partition coefficient (Wildman–Crippen LogP) is 4.80. The van der Waals surface area contributed by atoms with Crippen molar-refractivity contribution in [1.29, 1.82) is 0 Å². The second-order valence-electron chi connectivity index (χ2n) is 7.31. The normalized spacial score (nSPS) is 14.3. The van der Waals surface area contributed by atoms with Crippen molar-refractivity contribution < 1.29 is 50.5 Å². The summed E-state index contributed by atoms with van der Waals surface area (Å²) in [7, 11) is 0. The largest absolute Gasteiger partial charge is 0.491 e. The highest BCUT2D eigenvalue weighted by Gasteiger charge is 2.72. The highest BCUT2D eigenvalue weighted by molar-refractivity contribution is 5.47. The van der Waals surface area contributed by atoms with Gasteiger partial charge in [0.2, 0.25) is 5.41 Å². The van der Waals surface area contributed by atoms with Crippen LogP contribution in [0.3, 0.4) is 0 Å². The molecular weight excluding hydrogens is 458 g/mol. The first-order valence-electron chi connectivity index (χ1n) is 9.70. The van der Waals surface area contributed by atoms with Gasteiger partial charge in [-0.3, -0.25) is 4.79 Å². The van der Waals surface area contributed by atoms with Crippen LogP contribution in [0.15, 0.2) is 48.5 Å². The Morgan fingerprint density at radius 2 is 1.18 bits per heavy atom. The number of aliphatic hydroxyl groups excluding tert-OH is 1. The molecule has 0 saturated carbocycles. The maximum absolute atomic E-state index is 14.2. The van der Waals surface area contributed by atoms with E-state index in [0.29, 0.717) is 24.3 Å². The molecule has 0 heterocycles. The Balaban J connectivity index is 2.48. The zero-order chi connectivity index (χ0) is 24.9. The van der Waals surface area contributed by atoms with Gasteiger partial charge in [-0.15, -0.1) is 0 Å². The summed E-state index contributed by atoms with van der Waals surface area (Å²) >= 11 is 0. The monoisotopic (exact) mass is 480 g/mol. The summed E-state index contributed by atoms with van der Waals surface area (Å²) in [6.07, 6.45) is -13.0. The van der Waals surface area contributed by atoms with Crippen molar-refractivity contribution in [2.24, 2.45) is 0 Å². The molecular formula is C22H22F6O5. The lowest BCUT2D eigenvalue weighted by Crippen LogP contribution is -2.54. The van der Waals surface area contributed by atoms with E-state index in [1.807, 2.05) is 0 Å². The zero-order valence-electron chi connectivity index (χ0n) is 17.6. The Hall–Kier alpha value is -2.95. The third-order valence-electron chi connectivity index (χ3n) is 4.69. The first-order valence-corrected chi connectivity index (χ1v) is 9.70. The Bertz CT molecular complexity index is 877. The first-order chi connectivity index (χ1) is 15.3. The number of halogens is 6. The minimum absolute atomic E-state index is 0.000203. The fourth-order valence-electron chi connectivity index (χ4n) is 3.15. The predicted molar refractivity (Wildman–Crippen MR) is 105 cm³/mol. The van der Waals surface area contributed by atoms with Crippen LogP contribution in [0.2, 0.25) is 0 Å². The number of aliphatic hydroxyl groups is 1. The molecule has 0 bridgehead atoms. The van der Waals surface area contributed by atoms with Gasteiger partial charge in [0.25, 0.3) is 6.47 Å². The van der Waals surface area contributed by atoms with Crippen molar-refractivity contribution in [2.75, 3.05) is 13.2 Å². The second-order valence-corrected chi connectivity index (χ2v) is 7.31. The van der Waals surface area contributed by atoms with Crippen LogP contribution in [0.5, 0.6) is 11.5 Å². The van der Waals surface area contributed by atoms with Gasteiger partial charge < -0.3 is 19.3 Å². The molecule has 0 aromatic heterocycles. The molecule has 0 fully saturated rings. The molecule has 0 aliphatic carbocycles. The van der Waals surface area contributed by atoms with E-state index in [4.69, 9.17) is 9.47 Å². The number of ether oxygens (including phenoxy) is 3. The van der Waals surface area contributed by atoms with E-state index in [1.54, 1.807) is 0 Å². The van der Waals surface area contributed by atoms with Crippen LogP contribution in [-0.2, 0) is 14.9 Å². The minimum atomic E-state index is -5.73. The molecule has 2 aromatic rings. The summed E-state index contributed by atoms with van der Waals surface area (Å²) in [6, 6.07) is 6.71. The highest BCUT2D eigenvalue weighted by Crippen LogP contribution is 2.56. The Morgan fingerprint density at radius 1 is 0.788 bits per heavy atom. The molecule has 2 aromatic carbocycles. The number of rotatable bonds is 10. The van der Waals surface area contributed by atoms with Crippen LogP contribution < -0.4 is 9.47 Å². The van der Waals surface area contributed by atoms with Crippen molar-refractivity contribution >= 4 is 6.47 Å². The zero-order valence-corrected chi connectivity index (χ0v) is 17.6. The fraction of sp³-hybridized carbons (Fsp3) is 0.409. The van der Waals surface area contributed by atoms with Gasteiger partial charge in [0.05, 0.1) is 6.10 Å². The lowest BCUT2D eigenvalue weighted by atomic mass is 9.73. The van der Waals surface area contributed by atoms with Gasteiger partial charge in [-0.1, -0.05) is 24.3 Å². The van der Waals surface area contributed by atoms with Gasteiger partial charge in [0.1, 0.15) is 30.8 Å². The first kappa shape index (κ1) is 26.3. The molecule has 0 aliphatic heterocycles. The van der Waals surface area contributed by atoms with Crippen LogP contribution in [0, 0.1) is 0 Å². The summed E-state index contributed by atoms with van der Waals surface area (Å²) in [5.41, 5.74) is -6.41. The van der Waals surface area contributed by atoms with Gasteiger partial charge in [-0.25, -0.2) is 0 Å². The second kappa shape index (κ2) is 10.3. The van der Waals surface area contributed by atoms with Crippen LogP contribution in [0.4, 0.5) is 26.3 Å². The van der Waals surface area contributed by atoms with E-state index in [1.165, 1.54) is 13.8 Å². The van der Waals surface area contributed by atoms with Gasteiger partial charge in [-0.2, -0.15) is 26.3 Å². The molecule has 0 amide bonds. The van der Waals surface area contributed by atoms with E-state index >= 15 is 0 Å². The van der Waals surface area contributed by atoms with E-state index in [-0.39, 0.29) is 31.2 Å². The van der Waals surface area contributed by atoms with Crippen LogP contribution >= 0.6 is 0 Å². The van der Waals surface area contributed by atoms with Crippen LogP contribution in [0.25, 0.3) is 0 Å². The van der Waals surface area contributed by atoms with Crippen molar-refractivity contribution in [3.8, 4) is 11.5 Å². The summed E-state index contributed by atoms with van der Waals surface area (Å²) in [5, 5.41) is 9.22. The van der Waals surface area contributed by atoms with Crippen molar-refractivity contribution in [1.82, 2.24) is 0 Å². The third-order valence-corrected chi connectivity index (χ3v) is 4.69. The molecule has 2 unspecified atom stereocenters. The fourth-order valence-corrected chi connectivity index (χ4v) is 3.15. The molecule has 0 aliphatic rings. The Morgan fingerprint density at radius 3 is 1.52 bits per heavy atom. The van der Waals surface area contributed by atoms with E-state index in [2.05, 4.69) is 4.74 Å². The Kier molecular flexibility index (Phi) is 8.23. The summed E-state index contributed by atoms with van der Waals surface area (Å²) in [4.78, 5) is 10.3. The quantitative estimate of drug-likeness (QED) is 0.391. The summed E-state index contributed by atoms with van der Waals surface area (Å²) < 4.78 is 100. The topological polar surface area (TPSA) is 65.0 Å². The highest BCUT2D eigenvalue weighted by atomic mass is 19.4. The van der Waals surface area contributed by atoms with Crippen molar-refractivity contribution in [3.05, 3.63) is 59.7 Å². The van der Waals surface area contributed by atoms with E-state index in [9.17, 15) is 36.2 Å². The third kappa shape index (κ3) is 5.89. The van der Waals surface area contributed by atoms with Gasteiger partial charge in [0, 0.05) is 0 Å².